The van der Waals surface area contributed by atoms with Crippen LogP contribution in [0.15, 0.2) is 18.2 Å². The van der Waals surface area contributed by atoms with Crippen LogP contribution in [0.1, 0.15) is 5.56 Å². The second kappa shape index (κ2) is 3.64. The van der Waals surface area contributed by atoms with E-state index in [4.69, 9.17) is 9.66 Å². The van der Waals surface area contributed by atoms with Gasteiger partial charge in [-0.2, -0.15) is 0 Å². The highest BCUT2D eigenvalue weighted by Gasteiger charge is 2.07. The van der Waals surface area contributed by atoms with Crippen LogP contribution in [0.4, 0.5) is 4.39 Å². The average molecular weight is 190 g/mol. The molecule has 12 heavy (non-hydrogen) atoms. The summed E-state index contributed by atoms with van der Waals surface area (Å²) in [5.41, 5.74) is 0.135. The number of benzene rings is 1. The Balaban J connectivity index is 3.00. The molecule has 0 fully saturated rings. The normalized spacial score (nSPS) is 12.8. The fourth-order valence-electron chi connectivity index (χ4n) is 0.809. The number of phenols is 1. The first-order valence-corrected chi connectivity index (χ1v) is 4.42. The largest absolute Gasteiger partial charge is 0.505 e. The third-order valence-electron chi connectivity index (χ3n) is 1.35. The van der Waals surface area contributed by atoms with Crippen molar-refractivity contribution in [1.82, 2.24) is 0 Å². The van der Waals surface area contributed by atoms with Crippen molar-refractivity contribution in [3.05, 3.63) is 29.6 Å². The molecule has 0 saturated heterocycles. The summed E-state index contributed by atoms with van der Waals surface area (Å²) < 4.78 is 31.4. The van der Waals surface area contributed by atoms with Crippen LogP contribution in [-0.2, 0) is 16.8 Å². The third-order valence-corrected chi connectivity index (χ3v) is 1.91. The highest BCUT2D eigenvalue weighted by molar-refractivity contribution is 7.78. The molecule has 1 aromatic rings. The monoisotopic (exact) mass is 190 g/mol. The summed E-state index contributed by atoms with van der Waals surface area (Å²) in [6.07, 6.45) is 0. The van der Waals surface area contributed by atoms with Crippen molar-refractivity contribution in [2.75, 3.05) is 0 Å². The fourth-order valence-corrected chi connectivity index (χ4v) is 1.31. The van der Waals surface area contributed by atoms with Crippen molar-refractivity contribution in [1.29, 1.82) is 0 Å². The van der Waals surface area contributed by atoms with E-state index in [1.54, 1.807) is 0 Å². The Morgan fingerprint density at radius 1 is 1.50 bits per heavy atom. The van der Waals surface area contributed by atoms with Crippen LogP contribution in [0.2, 0.25) is 0 Å². The zero-order valence-electron chi connectivity index (χ0n) is 6.03. The molecule has 66 valence electrons. The average Bonchev–Trinajstić information content (AvgIpc) is 1.98. The van der Waals surface area contributed by atoms with Crippen LogP contribution in [0, 0.1) is 5.82 Å². The maximum absolute atomic E-state index is 12.6. The molecule has 3 nitrogen and oxygen atoms in total. The molecule has 1 aromatic carbocycles. The first-order chi connectivity index (χ1) is 5.61. The second-order valence-electron chi connectivity index (χ2n) is 2.21. The lowest BCUT2D eigenvalue weighted by Gasteiger charge is -2.01. The summed E-state index contributed by atoms with van der Waals surface area (Å²) in [5, 5.41) is 9.03. The van der Waals surface area contributed by atoms with Crippen LogP contribution in [0.5, 0.6) is 5.75 Å². The van der Waals surface area contributed by atoms with Gasteiger partial charge >= 0.3 is 0 Å². The second-order valence-corrected chi connectivity index (χ2v) is 3.15. The molecule has 1 rings (SSSR count). The van der Waals surface area contributed by atoms with Gasteiger partial charge in [-0.25, -0.2) is 8.60 Å². The van der Waals surface area contributed by atoms with Crippen molar-refractivity contribution in [2.24, 2.45) is 0 Å². The molecule has 1 unspecified atom stereocenters. The van der Waals surface area contributed by atoms with E-state index in [1.807, 2.05) is 0 Å². The minimum absolute atomic E-state index is 0.135. The lowest BCUT2D eigenvalue weighted by Crippen LogP contribution is -1.94. The molecule has 0 spiro atoms. The number of phenolic OH excluding ortho intramolecular Hbond substituents is 1. The van der Waals surface area contributed by atoms with E-state index in [2.05, 4.69) is 0 Å². The lowest BCUT2D eigenvalue weighted by molar-refractivity contribution is 0.427. The van der Waals surface area contributed by atoms with Crippen molar-refractivity contribution >= 4 is 11.1 Å². The van der Waals surface area contributed by atoms with Gasteiger partial charge in [0.05, 0.1) is 5.75 Å². The van der Waals surface area contributed by atoms with E-state index in [0.29, 0.717) is 0 Å². The first kappa shape index (κ1) is 9.15. The first-order valence-electron chi connectivity index (χ1n) is 3.15. The molecular weight excluding hydrogens is 183 g/mol. The Kier molecular flexibility index (Phi) is 2.78. The third kappa shape index (κ3) is 2.02. The molecule has 0 saturated carbocycles. The van der Waals surface area contributed by atoms with Gasteiger partial charge in [0.2, 0.25) is 0 Å². The van der Waals surface area contributed by atoms with Crippen molar-refractivity contribution in [2.45, 2.75) is 5.75 Å². The summed E-state index contributed by atoms with van der Waals surface area (Å²) in [4.78, 5) is 0. The van der Waals surface area contributed by atoms with E-state index in [0.717, 1.165) is 6.07 Å². The topological polar surface area (TPSA) is 57.5 Å². The summed E-state index contributed by atoms with van der Waals surface area (Å²) in [6.45, 7) is 0. The highest BCUT2D eigenvalue weighted by atomic mass is 32.2. The Morgan fingerprint density at radius 2 is 2.17 bits per heavy atom. The molecule has 0 aliphatic carbocycles. The van der Waals surface area contributed by atoms with Crippen LogP contribution in [-0.4, -0.2) is 13.9 Å². The molecule has 5 heteroatoms. The SMILES string of the molecule is O=S(O)Cc1cccc(F)c1O. The minimum Gasteiger partial charge on any atom is -0.505 e. The Hall–Kier alpha value is -0.940. The van der Waals surface area contributed by atoms with E-state index >= 15 is 0 Å². The number of halogens is 1. The number of aromatic hydroxyl groups is 1. The zero-order valence-corrected chi connectivity index (χ0v) is 6.84. The van der Waals surface area contributed by atoms with Gasteiger partial charge in [-0.05, 0) is 6.07 Å². The summed E-state index contributed by atoms with van der Waals surface area (Å²) >= 11 is -2.06. The van der Waals surface area contributed by atoms with Gasteiger partial charge in [0.1, 0.15) is 0 Å². The molecule has 0 radical (unpaired) electrons. The molecule has 0 aromatic heterocycles. The van der Waals surface area contributed by atoms with Gasteiger partial charge in [-0.3, -0.25) is 0 Å². The molecule has 1 atom stereocenters. The van der Waals surface area contributed by atoms with E-state index in [1.165, 1.54) is 12.1 Å². The van der Waals surface area contributed by atoms with Crippen LogP contribution in [0.3, 0.4) is 0 Å². The standard InChI is InChI=1S/C7H7FO3S/c8-6-3-1-2-5(7(6)9)4-12(10)11/h1-3,9H,4H2,(H,10,11). The zero-order chi connectivity index (χ0) is 9.14. The number of rotatable bonds is 2. The smallest absolute Gasteiger partial charge is 0.165 e. The molecule has 0 aliphatic rings. The van der Waals surface area contributed by atoms with Gasteiger partial charge in [0.15, 0.2) is 22.6 Å². The van der Waals surface area contributed by atoms with Crippen molar-refractivity contribution < 1.29 is 18.3 Å². The van der Waals surface area contributed by atoms with Gasteiger partial charge in [-0.15, -0.1) is 0 Å². The molecular formula is C7H7FO3S. The van der Waals surface area contributed by atoms with Crippen LogP contribution >= 0.6 is 0 Å². The van der Waals surface area contributed by atoms with Gasteiger partial charge in [0.25, 0.3) is 0 Å². The number of hydrogen-bond donors (Lipinski definition) is 2. The maximum Gasteiger partial charge on any atom is 0.165 e. The van der Waals surface area contributed by atoms with Gasteiger partial charge < -0.3 is 9.66 Å². The molecule has 0 aliphatic heterocycles. The van der Waals surface area contributed by atoms with Crippen molar-refractivity contribution in [3.63, 3.8) is 0 Å². The van der Waals surface area contributed by atoms with Crippen molar-refractivity contribution in [3.8, 4) is 5.75 Å². The maximum atomic E-state index is 12.6. The van der Waals surface area contributed by atoms with Crippen LogP contribution < -0.4 is 0 Å². The van der Waals surface area contributed by atoms with E-state index < -0.39 is 22.6 Å². The quantitative estimate of drug-likeness (QED) is 0.690. The molecule has 0 amide bonds. The fraction of sp³-hybridized carbons (Fsp3) is 0.143. The number of hydrogen-bond acceptors (Lipinski definition) is 2. The lowest BCUT2D eigenvalue weighted by atomic mass is 10.2. The van der Waals surface area contributed by atoms with Gasteiger partial charge in [-0.1, -0.05) is 12.1 Å². The Labute approximate surface area is 71.1 Å². The molecule has 0 bridgehead atoms. The van der Waals surface area contributed by atoms with E-state index in [9.17, 15) is 8.60 Å². The highest BCUT2D eigenvalue weighted by Crippen LogP contribution is 2.21. The van der Waals surface area contributed by atoms with Gasteiger partial charge in [0, 0.05) is 5.56 Å². The Bertz CT molecular complexity index is 314. The predicted molar refractivity (Wildman–Crippen MR) is 42.5 cm³/mol. The summed E-state index contributed by atoms with van der Waals surface area (Å²) in [5.74, 6) is -1.60. The minimum atomic E-state index is -2.06. The summed E-state index contributed by atoms with van der Waals surface area (Å²) in [6, 6.07) is 3.85. The summed E-state index contributed by atoms with van der Waals surface area (Å²) in [7, 11) is 0. The predicted octanol–water partition coefficient (Wildman–Crippen LogP) is 1.25. The van der Waals surface area contributed by atoms with Crippen LogP contribution in [0.25, 0.3) is 0 Å². The Morgan fingerprint density at radius 3 is 2.75 bits per heavy atom. The van der Waals surface area contributed by atoms with E-state index in [-0.39, 0.29) is 11.3 Å². The molecule has 0 heterocycles. The molecule has 2 N–H and O–H groups in total. The number of para-hydroxylation sites is 1.